The van der Waals surface area contributed by atoms with Gasteiger partial charge in [0.15, 0.2) is 0 Å². The first-order valence-electron chi connectivity index (χ1n) is 7.11. The van der Waals surface area contributed by atoms with E-state index in [9.17, 15) is 9.90 Å². The standard InChI is InChI=1S/C16H26N2O3/c1-16(2,20)12-18(3)11-15(19)17-10-9-13-7-5-6-8-14(13)21-4/h5-8,20H,9-12H2,1-4H3,(H,17,19). The third-order valence-corrected chi connectivity index (χ3v) is 2.98. The Kier molecular flexibility index (Phi) is 6.65. The second kappa shape index (κ2) is 8.00. The van der Waals surface area contributed by atoms with E-state index < -0.39 is 5.60 Å². The fourth-order valence-corrected chi connectivity index (χ4v) is 2.26. The van der Waals surface area contributed by atoms with Crippen LogP contribution in [0, 0.1) is 0 Å². The molecule has 0 radical (unpaired) electrons. The van der Waals surface area contributed by atoms with Crippen LogP contribution in [0.5, 0.6) is 5.75 Å². The maximum atomic E-state index is 11.8. The van der Waals surface area contributed by atoms with Gasteiger partial charge in [-0.2, -0.15) is 0 Å². The summed E-state index contributed by atoms with van der Waals surface area (Å²) in [5.41, 5.74) is 0.275. The average Bonchev–Trinajstić information content (AvgIpc) is 2.36. The zero-order chi connectivity index (χ0) is 15.9. The highest BCUT2D eigenvalue weighted by Crippen LogP contribution is 2.17. The third-order valence-electron chi connectivity index (χ3n) is 2.98. The minimum Gasteiger partial charge on any atom is -0.496 e. The van der Waals surface area contributed by atoms with Gasteiger partial charge in [-0.05, 0) is 38.9 Å². The highest BCUT2D eigenvalue weighted by Gasteiger charge is 2.17. The summed E-state index contributed by atoms with van der Waals surface area (Å²) in [4.78, 5) is 13.6. The number of carbonyl (C=O) groups is 1. The Labute approximate surface area is 126 Å². The van der Waals surface area contributed by atoms with Crippen molar-refractivity contribution in [3.8, 4) is 5.75 Å². The van der Waals surface area contributed by atoms with Gasteiger partial charge in [0.05, 0.1) is 19.3 Å². The molecule has 0 atom stereocenters. The Bertz CT molecular complexity index is 455. The van der Waals surface area contributed by atoms with Gasteiger partial charge in [-0.25, -0.2) is 0 Å². The monoisotopic (exact) mass is 294 g/mol. The quantitative estimate of drug-likeness (QED) is 0.752. The maximum Gasteiger partial charge on any atom is 0.234 e. The molecule has 21 heavy (non-hydrogen) atoms. The highest BCUT2D eigenvalue weighted by molar-refractivity contribution is 5.77. The van der Waals surface area contributed by atoms with Crippen molar-refractivity contribution in [3.63, 3.8) is 0 Å². The van der Waals surface area contributed by atoms with E-state index in [2.05, 4.69) is 5.32 Å². The fraction of sp³-hybridized carbons (Fsp3) is 0.562. The molecule has 0 fully saturated rings. The largest absolute Gasteiger partial charge is 0.496 e. The van der Waals surface area contributed by atoms with Gasteiger partial charge >= 0.3 is 0 Å². The van der Waals surface area contributed by atoms with E-state index >= 15 is 0 Å². The first kappa shape index (κ1) is 17.5. The van der Waals surface area contributed by atoms with Crippen LogP contribution in [0.1, 0.15) is 19.4 Å². The van der Waals surface area contributed by atoms with Crippen molar-refractivity contribution in [3.05, 3.63) is 29.8 Å². The lowest BCUT2D eigenvalue weighted by Gasteiger charge is -2.24. The lowest BCUT2D eigenvalue weighted by molar-refractivity contribution is -0.122. The second-order valence-electron chi connectivity index (χ2n) is 5.90. The summed E-state index contributed by atoms with van der Waals surface area (Å²) in [7, 11) is 3.46. The number of para-hydroxylation sites is 1. The van der Waals surface area contributed by atoms with Crippen LogP contribution < -0.4 is 10.1 Å². The number of hydrogen-bond donors (Lipinski definition) is 2. The summed E-state index contributed by atoms with van der Waals surface area (Å²) >= 11 is 0. The van der Waals surface area contributed by atoms with Crippen LogP contribution in [-0.2, 0) is 11.2 Å². The van der Waals surface area contributed by atoms with Crippen LogP contribution in [0.25, 0.3) is 0 Å². The lowest BCUT2D eigenvalue weighted by atomic mass is 10.1. The first-order valence-corrected chi connectivity index (χ1v) is 7.11. The molecule has 118 valence electrons. The fourth-order valence-electron chi connectivity index (χ4n) is 2.26. The van der Waals surface area contributed by atoms with Gasteiger partial charge in [0.2, 0.25) is 5.91 Å². The van der Waals surface area contributed by atoms with E-state index in [0.717, 1.165) is 17.7 Å². The molecule has 0 bridgehead atoms. The van der Waals surface area contributed by atoms with Gasteiger partial charge in [0.1, 0.15) is 5.75 Å². The van der Waals surface area contributed by atoms with Gasteiger partial charge in [-0.15, -0.1) is 0 Å². The predicted octanol–water partition coefficient (Wildman–Crippen LogP) is 1.06. The van der Waals surface area contributed by atoms with Crippen LogP contribution in [0.15, 0.2) is 24.3 Å². The molecule has 0 saturated carbocycles. The van der Waals surface area contributed by atoms with E-state index in [1.807, 2.05) is 31.3 Å². The number of amides is 1. The van der Waals surface area contributed by atoms with Crippen molar-refractivity contribution >= 4 is 5.91 Å². The number of nitrogens with zero attached hydrogens (tertiary/aromatic N) is 1. The number of aliphatic hydroxyl groups is 1. The minimum atomic E-state index is -0.799. The zero-order valence-electron chi connectivity index (χ0n) is 13.3. The van der Waals surface area contributed by atoms with Crippen molar-refractivity contribution in [2.45, 2.75) is 25.9 Å². The summed E-state index contributed by atoms with van der Waals surface area (Å²) in [5, 5.41) is 12.6. The van der Waals surface area contributed by atoms with Crippen molar-refractivity contribution in [1.29, 1.82) is 0 Å². The van der Waals surface area contributed by atoms with E-state index in [1.165, 1.54) is 0 Å². The Morgan fingerprint density at radius 2 is 2.05 bits per heavy atom. The molecule has 1 rings (SSSR count). The summed E-state index contributed by atoms with van der Waals surface area (Å²) in [6.07, 6.45) is 0.727. The molecule has 0 unspecified atom stereocenters. The molecule has 0 aliphatic heterocycles. The average molecular weight is 294 g/mol. The molecular weight excluding hydrogens is 268 g/mol. The third kappa shape index (κ3) is 7.11. The smallest absolute Gasteiger partial charge is 0.234 e. The highest BCUT2D eigenvalue weighted by atomic mass is 16.5. The summed E-state index contributed by atoms with van der Waals surface area (Å²) < 4.78 is 5.27. The number of nitrogens with one attached hydrogen (secondary N) is 1. The van der Waals surface area contributed by atoms with Gasteiger partial charge in [0.25, 0.3) is 0 Å². The zero-order valence-corrected chi connectivity index (χ0v) is 13.3. The molecule has 1 aromatic carbocycles. The molecule has 1 amide bonds. The van der Waals surface area contributed by atoms with Gasteiger partial charge in [-0.3, -0.25) is 9.69 Å². The molecule has 0 aromatic heterocycles. The molecule has 2 N–H and O–H groups in total. The Morgan fingerprint density at radius 3 is 2.67 bits per heavy atom. The van der Waals surface area contributed by atoms with Gasteiger partial charge in [-0.1, -0.05) is 18.2 Å². The van der Waals surface area contributed by atoms with Crippen LogP contribution in [0.2, 0.25) is 0 Å². The first-order chi connectivity index (χ1) is 9.81. The number of carbonyl (C=O) groups excluding carboxylic acids is 1. The van der Waals surface area contributed by atoms with Crippen LogP contribution in [-0.4, -0.2) is 55.3 Å². The van der Waals surface area contributed by atoms with Crippen molar-refractivity contribution < 1.29 is 14.6 Å². The molecule has 0 aliphatic carbocycles. The molecule has 1 aromatic rings. The predicted molar refractivity (Wildman–Crippen MR) is 83.5 cm³/mol. The summed E-state index contributed by atoms with van der Waals surface area (Å²) in [5.74, 6) is 0.794. The number of methoxy groups -OCH3 is 1. The van der Waals surface area contributed by atoms with Crippen molar-refractivity contribution in [2.24, 2.45) is 0 Å². The van der Waals surface area contributed by atoms with Crippen LogP contribution >= 0.6 is 0 Å². The molecule has 0 heterocycles. The van der Waals surface area contributed by atoms with E-state index in [0.29, 0.717) is 13.1 Å². The van der Waals surface area contributed by atoms with Crippen molar-refractivity contribution in [2.75, 3.05) is 33.8 Å². The number of likely N-dealkylation sites (N-methyl/N-ethyl adjacent to an activating group) is 1. The molecular formula is C16H26N2O3. The molecule has 0 spiro atoms. The molecule has 0 aliphatic rings. The second-order valence-corrected chi connectivity index (χ2v) is 5.90. The van der Waals surface area contributed by atoms with Gasteiger partial charge in [0, 0.05) is 13.1 Å². The lowest BCUT2D eigenvalue weighted by Crippen LogP contribution is -2.42. The Balaban J connectivity index is 2.33. The summed E-state index contributed by atoms with van der Waals surface area (Å²) in [6.45, 7) is 4.74. The van der Waals surface area contributed by atoms with Crippen LogP contribution in [0.3, 0.4) is 0 Å². The Hall–Kier alpha value is -1.59. The Morgan fingerprint density at radius 1 is 1.38 bits per heavy atom. The molecule has 5 nitrogen and oxygen atoms in total. The molecule has 5 heteroatoms. The maximum absolute atomic E-state index is 11.8. The van der Waals surface area contributed by atoms with E-state index in [4.69, 9.17) is 4.74 Å². The number of rotatable bonds is 8. The van der Waals surface area contributed by atoms with Crippen LogP contribution in [0.4, 0.5) is 0 Å². The summed E-state index contributed by atoms with van der Waals surface area (Å²) in [6, 6.07) is 7.78. The number of benzene rings is 1. The number of hydrogen-bond acceptors (Lipinski definition) is 4. The van der Waals surface area contributed by atoms with Gasteiger partial charge < -0.3 is 15.2 Å². The molecule has 0 saturated heterocycles. The topological polar surface area (TPSA) is 61.8 Å². The van der Waals surface area contributed by atoms with E-state index in [-0.39, 0.29) is 12.5 Å². The normalized spacial score (nSPS) is 11.5. The SMILES string of the molecule is COc1ccccc1CCNC(=O)CN(C)CC(C)(C)O. The van der Waals surface area contributed by atoms with Crippen molar-refractivity contribution in [1.82, 2.24) is 10.2 Å². The minimum absolute atomic E-state index is 0.0448. The van der Waals surface area contributed by atoms with E-state index in [1.54, 1.807) is 25.9 Å². The number of ether oxygens (including phenoxy) is 1.